The molecule has 2 heterocycles. The standard InChI is InChI=1S/C9H17N3O3S/c13-9(8-5-10-2-3-11-8)12-7-1-4-16(14,15)6-7/h7-8,10-11H,1-6H2,(H,12,13). The lowest BCUT2D eigenvalue weighted by molar-refractivity contribution is -0.123. The summed E-state index contributed by atoms with van der Waals surface area (Å²) in [6.45, 7) is 2.23. The van der Waals surface area contributed by atoms with Crippen LogP contribution in [0.4, 0.5) is 0 Å². The van der Waals surface area contributed by atoms with E-state index < -0.39 is 9.84 Å². The van der Waals surface area contributed by atoms with Crippen molar-refractivity contribution in [2.24, 2.45) is 0 Å². The van der Waals surface area contributed by atoms with Gasteiger partial charge in [-0.05, 0) is 6.42 Å². The molecular formula is C9H17N3O3S. The Bertz CT molecular complexity index is 362. The van der Waals surface area contributed by atoms with Crippen LogP contribution in [0.3, 0.4) is 0 Å². The van der Waals surface area contributed by atoms with Crippen molar-refractivity contribution in [1.82, 2.24) is 16.0 Å². The van der Waals surface area contributed by atoms with Crippen molar-refractivity contribution in [3.63, 3.8) is 0 Å². The second-order valence-electron chi connectivity index (χ2n) is 4.32. The Morgan fingerprint density at radius 3 is 2.69 bits per heavy atom. The van der Waals surface area contributed by atoms with Crippen LogP contribution in [0.2, 0.25) is 0 Å². The largest absolute Gasteiger partial charge is 0.351 e. The van der Waals surface area contributed by atoms with E-state index in [1.54, 1.807) is 0 Å². The van der Waals surface area contributed by atoms with E-state index in [0.29, 0.717) is 13.0 Å². The lowest BCUT2D eigenvalue weighted by Crippen LogP contribution is -2.57. The van der Waals surface area contributed by atoms with Crippen molar-refractivity contribution in [2.75, 3.05) is 31.1 Å². The minimum Gasteiger partial charge on any atom is -0.351 e. The quantitative estimate of drug-likeness (QED) is 0.518. The van der Waals surface area contributed by atoms with Crippen LogP contribution in [0.25, 0.3) is 0 Å². The highest BCUT2D eigenvalue weighted by Gasteiger charge is 2.30. The molecule has 0 aromatic carbocycles. The van der Waals surface area contributed by atoms with E-state index in [1.165, 1.54) is 0 Å². The summed E-state index contributed by atoms with van der Waals surface area (Å²) >= 11 is 0. The summed E-state index contributed by atoms with van der Waals surface area (Å²) in [7, 11) is -2.92. The summed E-state index contributed by atoms with van der Waals surface area (Å²) in [6, 6.07) is -0.446. The first-order valence-electron chi connectivity index (χ1n) is 5.52. The molecule has 0 aliphatic carbocycles. The molecule has 0 bridgehead atoms. The van der Waals surface area contributed by atoms with Gasteiger partial charge in [-0.3, -0.25) is 4.79 Å². The number of hydrogen-bond acceptors (Lipinski definition) is 5. The number of carbonyl (C=O) groups is 1. The number of hydrogen-bond donors (Lipinski definition) is 3. The highest BCUT2D eigenvalue weighted by molar-refractivity contribution is 7.91. The minimum atomic E-state index is -2.92. The molecule has 0 aromatic heterocycles. The third-order valence-corrected chi connectivity index (χ3v) is 4.70. The van der Waals surface area contributed by atoms with E-state index in [-0.39, 0.29) is 29.5 Å². The zero-order valence-electron chi connectivity index (χ0n) is 9.03. The Balaban J connectivity index is 1.83. The molecule has 2 unspecified atom stereocenters. The van der Waals surface area contributed by atoms with Crippen molar-refractivity contribution < 1.29 is 13.2 Å². The molecule has 6 nitrogen and oxygen atoms in total. The average molecular weight is 247 g/mol. The summed E-state index contributed by atoms with van der Waals surface area (Å²) in [5.41, 5.74) is 0. The van der Waals surface area contributed by atoms with Crippen LogP contribution in [0.15, 0.2) is 0 Å². The fourth-order valence-corrected chi connectivity index (χ4v) is 3.72. The summed E-state index contributed by atoms with van der Waals surface area (Å²) in [4.78, 5) is 11.8. The Hall–Kier alpha value is -0.660. The first-order valence-corrected chi connectivity index (χ1v) is 7.34. The minimum absolute atomic E-state index is 0.0822. The molecule has 2 aliphatic rings. The van der Waals surface area contributed by atoms with Gasteiger partial charge in [0, 0.05) is 25.7 Å². The van der Waals surface area contributed by atoms with Crippen LogP contribution in [-0.4, -0.2) is 57.5 Å². The number of rotatable bonds is 2. The van der Waals surface area contributed by atoms with Crippen LogP contribution < -0.4 is 16.0 Å². The fourth-order valence-electron chi connectivity index (χ4n) is 2.05. The van der Waals surface area contributed by atoms with Gasteiger partial charge in [-0.15, -0.1) is 0 Å². The molecule has 3 N–H and O–H groups in total. The summed E-state index contributed by atoms with van der Waals surface area (Å²) in [5, 5.41) is 8.99. The van der Waals surface area contributed by atoms with Gasteiger partial charge >= 0.3 is 0 Å². The molecule has 16 heavy (non-hydrogen) atoms. The third-order valence-electron chi connectivity index (χ3n) is 2.94. The SMILES string of the molecule is O=C(NC1CCS(=O)(=O)C1)C1CNCCN1. The molecule has 1 amide bonds. The molecule has 2 atom stereocenters. The lowest BCUT2D eigenvalue weighted by Gasteiger charge is -2.24. The average Bonchev–Trinajstić information content (AvgIpc) is 2.59. The molecular weight excluding hydrogens is 230 g/mol. The van der Waals surface area contributed by atoms with Crippen molar-refractivity contribution in [2.45, 2.75) is 18.5 Å². The maximum Gasteiger partial charge on any atom is 0.238 e. The lowest BCUT2D eigenvalue weighted by atomic mass is 10.2. The second kappa shape index (κ2) is 4.68. The topological polar surface area (TPSA) is 87.3 Å². The smallest absolute Gasteiger partial charge is 0.238 e. The van der Waals surface area contributed by atoms with Crippen molar-refractivity contribution in [3.05, 3.63) is 0 Å². The fraction of sp³-hybridized carbons (Fsp3) is 0.889. The van der Waals surface area contributed by atoms with Gasteiger partial charge in [-0.2, -0.15) is 0 Å². The summed E-state index contributed by atoms with van der Waals surface area (Å²) in [5.74, 6) is 0.169. The van der Waals surface area contributed by atoms with Crippen LogP contribution in [0.5, 0.6) is 0 Å². The zero-order valence-corrected chi connectivity index (χ0v) is 9.85. The van der Waals surface area contributed by atoms with Crippen molar-refractivity contribution >= 4 is 15.7 Å². The Morgan fingerprint density at radius 2 is 2.12 bits per heavy atom. The van der Waals surface area contributed by atoms with Crippen LogP contribution in [0.1, 0.15) is 6.42 Å². The van der Waals surface area contributed by atoms with Crippen LogP contribution in [-0.2, 0) is 14.6 Å². The predicted octanol–water partition coefficient (Wildman–Crippen LogP) is -2.15. The van der Waals surface area contributed by atoms with Gasteiger partial charge < -0.3 is 16.0 Å². The Kier molecular flexibility index (Phi) is 3.46. The number of nitrogens with one attached hydrogen (secondary N) is 3. The zero-order chi connectivity index (χ0) is 11.6. The first-order chi connectivity index (χ1) is 7.57. The first kappa shape index (κ1) is 11.8. The highest BCUT2D eigenvalue weighted by atomic mass is 32.2. The molecule has 2 saturated heterocycles. The van der Waals surface area contributed by atoms with Gasteiger partial charge in [0.1, 0.15) is 0 Å². The number of sulfone groups is 1. The molecule has 92 valence electrons. The monoisotopic (exact) mass is 247 g/mol. The van der Waals surface area contributed by atoms with Gasteiger partial charge in [0.2, 0.25) is 5.91 Å². The maximum atomic E-state index is 11.8. The van der Waals surface area contributed by atoms with E-state index in [2.05, 4.69) is 16.0 Å². The Labute approximate surface area is 95.1 Å². The molecule has 0 radical (unpaired) electrons. The van der Waals surface area contributed by atoms with Crippen LogP contribution >= 0.6 is 0 Å². The molecule has 2 aliphatic heterocycles. The van der Waals surface area contributed by atoms with Crippen molar-refractivity contribution in [3.8, 4) is 0 Å². The van der Waals surface area contributed by atoms with Gasteiger partial charge in [0.05, 0.1) is 17.5 Å². The molecule has 2 fully saturated rings. The number of piperazine rings is 1. The van der Waals surface area contributed by atoms with Gasteiger partial charge in [0.15, 0.2) is 9.84 Å². The van der Waals surface area contributed by atoms with E-state index in [1.807, 2.05) is 0 Å². The molecule has 0 aromatic rings. The molecule has 7 heteroatoms. The molecule has 2 rings (SSSR count). The third kappa shape index (κ3) is 2.93. The predicted molar refractivity (Wildman–Crippen MR) is 59.9 cm³/mol. The van der Waals surface area contributed by atoms with E-state index in [0.717, 1.165) is 13.1 Å². The van der Waals surface area contributed by atoms with E-state index >= 15 is 0 Å². The van der Waals surface area contributed by atoms with Crippen LogP contribution in [0, 0.1) is 0 Å². The number of amides is 1. The van der Waals surface area contributed by atoms with Crippen molar-refractivity contribution in [1.29, 1.82) is 0 Å². The Morgan fingerprint density at radius 1 is 1.31 bits per heavy atom. The van der Waals surface area contributed by atoms with Gasteiger partial charge in [-0.25, -0.2) is 8.42 Å². The summed E-state index contributed by atoms with van der Waals surface area (Å²) < 4.78 is 22.4. The second-order valence-corrected chi connectivity index (χ2v) is 6.55. The molecule has 0 saturated carbocycles. The highest BCUT2D eigenvalue weighted by Crippen LogP contribution is 2.11. The molecule has 0 spiro atoms. The maximum absolute atomic E-state index is 11.8. The van der Waals surface area contributed by atoms with E-state index in [9.17, 15) is 13.2 Å². The summed E-state index contributed by atoms with van der Waals surface area (Å²) in [6.07, 6.45) is 0.536. The van der Waals surface area contributed by atoms with Gasteiger partial charge in [0.25, 0.3) is 0 Å². The number of carbonyl (C=O) groups excluding carboxylic acids is 1. The van der Waals surface area contributed by atoms with E-state index in [4.69, 9.17) is 0 Å². The van der Waals surface area contributed by atoms with Gasteiger partial charge in [-0.1, -0.05) is 0 Å². The normalized spacial score (nSPS) is 33.5.